The zero-order chi connectivity index (χ0) is 23.2. The molecule has 176 valence electrons. The quantitative estimate of drug-likeness (QED) is 0.480. The minimum atomic E-state index is -0.265. The summed E-state index contributed by atoms with van der Waals surface area (Å²) in [6.07, 6.45) is 5.83. The summed E-state index contributed by atoms with van der Waals surface area (Å²) in [4.78, 5) is 26.7. The van der Waals surface area contributed by atoms with Crippen LogP contribution in [-0.2, 0) is 9.53 Å². The maximum absolute atomic E-state index is 12.9. The van der Waals surface area contributed by atoms with E-state index in [0.717, 1.165) is 67.1 Å². The zero-order valence-corrected chi connectivity index (χ0v) is 19.7. The lowest BCUT2D eigenvalue weighted by molar-refractivity contribution is -0.108. The van der Waals surface area contributed by atoms with Crippen molar-refractivity contribution in [2.75, 3.05) is 35.3 Å². The lowest BCUT2D eigenvalue weighted by Crippen LogP contribution is -2.40. The van der Waals surface area contributed by atoms with Gasteiger partial charge in [0.05, 0.1) is 11.4 Å². The first-order chi connectivity index (χ1) is 16.1. The van der Waals surface area contributed by atoms with Gasteiger partial charge in [-0.05, 0) is 81.2 Å². The molecule has 1 atom stereocenters. The van der Waals surface area contributed by atoms with Gasteiger partial charge in [-0.25, -0.2) is 4.79 Å². The van der Waals surface area contributed by atoms with Crippen LogP contribution in [0.4, 0.5) is 21.9 Å². The monoisotopic (exact) mass is 449 g/mol. The van der Waals surface area contributed by atoms with Crippen molar-refractivity contribution in [3.05, 3.63) is 53.6 Å². The summed E-state index contributed by atoms with van der Waals surface area (Å²) in [5.74, 6) is 0.781. The number of hydrogen-bond acceptors (Lipinski definition) is 4. The van der Waals surface area contributed by atoms with Crippen LogP contribution in [0.25, 0.3) is 0 Å². The van der Waals surface area contributed by atoms with Gasteiger partial charge in [-0.15, -0.1) is 0 Å². The molecule has 2 fully saturated rings. The maximum Gasteiger partial charge on any atom is 0.323 e. The van der Waals surface area contributed by atoms with Crippen molar-refractivity contribution >= 4 is 29.4 Å². The van der Waals surface area contributed by atoms with Crippen LogP contribution in [-0.4, -0.2) is 38.1 Å². The number of nitrogens with one attached hydrogen (secondary N) is 2. The van der Waals surface area contributed by atoms with Gasteiger partial charge < -0.3 is 25.1 Å². The average molecular weight is 450 g/mol. The number of aldehydes is 1. The molecular formula is C27H35N3O3. The van der Waals surface area contributed by atoms with Crippen LogP contribution >= 0.6 is 0 Å². The molecule has 4 rings (SSSR count). The molecule has 2 N–H and O–H groups in total. The Morgan fingerprint density at radius 3 is 2.45 bits per heavy atom. The fourth-order valence-electron chi connectivity index (χ4n) is 4.88. The molecule has 6 nitrogen and oxygen atoms in total. The minimum Gasteiger partial charge on any atom is -0.381 e. The Kier molecular flexibility index (Phi) is 7.65. The lowest BCUT2D eigenvalue weighted by atomic mass is 9.90. The van der Waals surface area contributed by atoms with Crippen LogP contribution in [0.3, 0.4) is 0 Å². The molecule has 1 aliphatic heterocycles. The maximum atomic E-state index is 12.9. The second kappa shape index (κ2) is 10.8. The molecular weight excluding hydrogens is 414 g/mol. The average Bonchev–Trinajstić information content (AvgIpc) is 3.66. The van der Waals surface area contributed by atoms with Crippen LogP contribution in [0.1, 0.15) is 56.1 Å². The van der Waals surface area contributed by atoms with Crippen molar-refractivity contribution in [2.24, 2.45) is 5.92 Å². The smallest absolute Gasteiger partial charge is 0.323 e. The van der Waals surface area contributed by atoms with Crippen molar-refractivity contribution in [3.8, 4) is 0 Å². The molecule has 33 heavy (non-hydrogen) atoms. The number of hydrogen-bond donors (Lipinski definition) is 2. The number of rotatable bonds is 9. The van der Waals surface area contributed by atoms with E-state index in [-0.39, 0.29) is 11.9 Å². The van der Waals surface area contributed by atoms with Gasteiger partial charge in [0, 0.05) is 37.9 Å². The van der Waals surface area contributed by atoms with Crippen LogP contribution in [0.5, 0.6) is 0 Å². The molecule has 1 unspecified atom stereocenters. The Balaban J connectivity index is 1.62. The summed E-state index contributed by atoms with van der Waals surface area (Å²) in [6, 6.07) is 14.2. The van der Waals surface area contributed by atoms with Gasteiger partial charge in [-0.2, -0.15) is 0 Å². The summed E-state index contributed by atoms with van der Waals surface area (Å²) >= 11 is 0. The van der Waals surface area contributed by atoms with E-state index in [1.807, 2.05) is 31.2 Å². The molecule has 1 heterocycles. The molecule has 0 radical (unpaired) electrons. The van der Waals surface area contributed by atoms with E-state index in [2.05, 4.69) is 40.7 Å². The fraction of sp³-hybridized carbons (Fsp3) is 0.481. The number of amides is 2. The predicted molar refractivity (Wildman–Crippen MR) is 133 cm³/mol. The number of ether oxygens (including phenoxy) is 1. The first-order valence-corrected chi connectivity index (χ1v) is 12.2. The summed E-state index contributed by atoms with van der Waals surface area (Å²) in [6.45, 7) is 6.54. The standard InChI is InChI=1S/C27H35N3O3/c1-3-30(23-13-16-33-17-14-23)26-11-8-21(24(12-15-31)20-6-7-20)18-25(26)29-27(32)28-22-9-4-19(2)5-10-22/h4-5,8-11,15,18,20,23-24H,3,6-7,12-14,16-17H2,1-2H3,(H2,28,29,32). The van der Waals surface area contributed by atoms with Crippen molar-refractivity contribution in [1.29, 1.82) is 0 Å². The topological polar surface area (TPSA) is 70.7 Å². The Hall–Kier alpha value is -2.86. The molecule has 2 aromatic rings. The highest BCUT2D eigenvalue weighted by Gasteiger charge is 2.33. The van der Waals surface area contributed by atoms with E-state index in [4.69, 9.17) is 4.74 Å². The lowest BCUT2D eigenvalue weighted by Gasteiger charge is -2.36. The molecule has 0 spiro atoms. The predicted octanol–water partition coefficient (Wildman–Crippen LogP) is 5.73. The molecule has 1 saturated heterocycles. The largest absolute Gasteiger partial charge is 0.381 e. The van der Waals surface area contributed by atoms with Crippen molar-refractivity contribution in [1.82, 2.24) is 0 Å². The molecule has 0 bridgehead atoms. The fourth-order valence-corrected chi connectivity index (χ4v) is 4.88. The summed E-state index contributed by atoms with van der Waals surface area (Å²) < 4.78 is 5.57. The summed E-state index contributed by atoms with van der Waals surface area (Å²) in [5.41, 5.74) is 4.84. The van der Waals surface area contributed by atoms with Gasteiger partial charge in [-0.1, -0.05) is 23.8 Å². The number of aryl methyl sites for hydroxylation is 1. The normalized spacial score (nSPS) is 17.3. The molecule has 0 aromatic heterocycles. The van der Waals surface area contributed by atoms with Crippen LogP contribution in [0.2, 0.25) is 0 Å². The van der Waals surface area contributed by atoms with E-state index in [0.29, 0.717) is 18.4 Å². The van der Waals surface area contributed by atoms with Crippen LogP contribution in [0, 0.1) is 12.8 Å². The third-order valence-electron chi connectivity index (χ3n) is 6.83. The van der Waals surface area contributed by atoms with E-state index in [1.165, 1.54) is 12.8 Å². The Labute approximate surface area is 196 Å². The molecule has 2 amide bonds. The number of benzene rings is 2. The van der Waals surface area contributed by atoms with Crippen LogP contribution in [0.15, 0.2) is 42.5 Å². The minimum absolute atomic E-state index is 0.218. The van der Waals surface area contributed by atoms with Gasteiger partial charge in [0.2, 0.25) is 0 Å². The third kappa shape index (κ3) is 5.93. The van der Waals surface area contributed by atoms with Gasteiger partial charge in [0.15, 0.2) is 0 Å². The number of carbonyl (C=O) groups excluding carboxylic acids is 2. The first-order valence-electron chi connectivity index (χ1n) is 12.2. The van der Waals surface area contributed by atoms with Gasteiger partial charge >= 0.3 is 6.03 Å². The molecule has 2 aliphatic rings. The highest BCUT2D eigenvalue weighted by Crippen LogP contribution is 2.45. The highest BCUT2D eigenvalue weighted by molar-refractivity contribution is 6.02. The SMILES string of the molecule is CCN(c1ccc(C(CC=O)C2CC2)cc1NC(=O)Nc1ccc(C)cc1)C1CCOCC1. The molecule has 6 heteroatoms. The molecule has 1 saturated carbocycles. The van der Waals surface area contributed by atoms with E-state index < -0.39 is 0 Å². The van der Waals surface area contributed by atoms with Crippen molar-refractivity contribution < 1.29 is 14.3 Å². The Morgan fingerprint density at radius 2 is 1.82 bits per heavy atom. The van der Waals surface area contributed by atoms with E-state index >= 15 is 0 Å². The number of anilines is 3. The molecule has 2 aromatic carbocycles. The van der Waals surface area contributed by atoms with Gasteiger partial charge in [0.25, 0.3) is 0 Å². The third-order valence-corrected chi connectivity index (χ3v) is 6.83. The molecule has 1 aliphatic carbocycles. The van der Waals surface area contributed by atoms with Crippen molar-refractivity contribution in [3.63, 3.8) is 0 Å². The van der Waals surface area contributed by atoms with Crippen LogP contribution < -0.4 is 15.5 Å². The zero-order valence-electron chi connectivity index (χ0n) is 19.7. The van der Waals surface area contributed by atoms with E-state index in [9.17, 15) is 9.59 Å². The Morgan fingerprint density at radius 1 is 1.09 bits per heavy atom. The van der Waals surface area contributed by atoms with E-state index in [1.54, 1.807) is 0 Å². The number of urea groups is 1. The summed E-state index contributed by atoms with van der Waals surface area (Å²) in [7, 11) is 0. The van der Waals surface area contributed by atoms with Gasteiger partial charge in [0.1, 0.15) is 6.29 Å². The second-order valence-corrected chi connectivity index (χ2v) is 9.20. The van der Waals surface area contributed by atoms with Crippen molar-refractivity contribution in [2.45, 2.75) is 57.9 Å². The van der Waals surface area contributed by atoms with Gasteiger partial charge in [-0.3, -0.25) is 0 Å². The highest BCUT2D eigenvalue weighted by atomic mass is 16.5. The number of nitrogens with zero attached hydrogens (tertiary/aromatic N) is 1. The second-order valence-electron chi connectivity index (χ2n) is 9.20. The summed E-state index contributed by atoms with van der Waals surface area (Å²) in [5, 5.41) is 6.06. The first kappa shape index (κ1) is 23.3. The number of carbonyl (C=O) groups is 2. The Bertz CT molecular complexity index is 950.